The Kier molecular flexibility index (Phi) is 9.52. The molecule has 0 radical (unpaired) electrons. The first-order valence-corrected chi connectivity index (χ1v) is 14.7. The Balaban J connectivity index is 1.77. The maximum absolute atomic E-state index is 14.6. The van der Waals surface area contributed by atoms with Gasteiger partial charge < -0.3 is 24.5 Å². The molecule has 3 aliphatic heterocycles. The molecule has 1 aromatic carbocycles. The van der Waals surface area contributed by atoms with Crippen LogP contribution in [-0.4, -0.2) is 87.6 Å². The Bertz CT molecular complexity index is 1090. The van der Waals surface area contributed by atoms with Crippen molar-refractivity contribution >= 4 is 17.7 Å². The molecule has 40 heavy (non-hydrogen) atoms. The highest BCUT2D eigenvalue weighted by Gasteiger charge is 2.75. The molecule has 3 saturated heterocycles. The fourth-order valence-corrected chi connectivity index (χ4v) is 7.16. The molecule has 3 fully saturated rings. The summed E-state index contributed by atoms with van der Waals surface area (Å²) < 4.78 is 6.65. The van der Waals surface area contributed by atoms with E-state index >= 15 is 0 Å². The highest BCUT2D eigenvalue weighted by molar-refractivity contribution is 5.99. The zero-order valence-electron chi connectivity index (χ0n) is 24.2. The summed E-state index contributed by atoms with van der Waals surface area (Å²) in [4.78, 5) is 48.0. The van der Waals surface area contributed by atoms with Gasteiger partial charge in [-0.2, -0.15) is 0 Å². The molecule has 4 rings (SSSR count). The van der Waals surface area contributed by atoms with Crippen molar-refractivity contribution in [2.24, 2.45) is 17.8 Å². The van der Waals surface area contributed by atoms with Crippen LogP contribution in [0, 0.1) is 17.8 Å². The Labute approximate surface area is 238 Å². The topological polar surface area (TPSA) is 90.4 Å². The minimum absolute atomic E-state index is 0.114. The van der Waals surface area contributed by atoms with Gasteiger partial charge in [0.25, 0.3) is 0 Å². The third-order valence-electron chi connectivity index (χ3n) is 8.64. The predicted octanol–water partition coefficient (Wildman–Crippen LogP) is 3.41. The van der Waals surface area contributed by atoms with Crippen molar-refractivity contribution in [2.45, 2.75) is 76.8 Å². The fourth-order valence-electron chi connectivity index (χ4n) is 7.16. The second-order valence-electron chi connectivity index (χ2n) is 11.8. The van der Waals surface area contributed by atoms with Crippen LogP contribution in [0.1, 0.15) is 52.0 Å². The van der Waals surface area contributed by atoms with E-state index in [1.54, 1.807) is 26.9 Å². The van der Waals surface area contributed by atoms with E-state index in [0.29, 0.717) is 45.4 Å². The number of fused-ring (bicyclic) bond motifs is 1. The normalized spacial score (nSPS) is 27.5. The molecule has 2 bridgehead atoms. The highest BCUT2D eigenvalue weighted by Crippen LogP contribution is 2.59. The summed E-state index contributed by atoms with van der Waals surface area (Å²) in [5, 5.41) is 10.5. The molecule has 0 aromatic heterocycles. The lowest BCUT2D eigenvalue weighted by molar-refractivity contribution is -0.152. The maximum Gasteiger partial charge on any atom is 0.249 e. The van der Waals surface area contributed by atoms with E-state index in [9.17, 15) is 19.5 Å². The second kappa shape index (κ2) is 12.7. The van der Waals surface area contributed by atoms with Gasteiger partial charge in [0, 0.05) is 26.2 Å². The van der Waals surface area contributed by atoms with Gasteiger partial charge in [0.1, 0.15) is 11.6 Å². The molecular weight excluding hydrogens is 506 g/mol. The van der Waals surface area contributed by atoms with Gasteiger partial charge in [-0.25, -0.2) is 0 Å². The maximum atomic E-state index is 14.6. The van der Waals surface area contributed by atoms with Gasteiger partial charge in [-0.3, -0.25) is 14.4 Å². The molecule has 3 heterocycles. The molecule has 8 nitrogen and oxygen atoms in total. The summed E-state index contributed by atoms with van der Waals surface area (Å²) in [6.07, 6.45) is 5.43. The van der Waals surface area contributed by atoms with Gasteiger partial charge in [-0.1, -0.05) is 63.3 Å². The van der Waals surface area contributed by atoms with Crippen LogP contribution < -0.4 is 0 Å². The number of likely N-dealkylation sites (tertiary alicyclic amines) is 1. The molecule has 218 valence electrons. The minimum Gasteiger partial charge on any atom is -0.394 e. The number of aliphatic hydroxyl groups is 1. The van der Waals surface area contributed by atoms with Gasteiger partial charge >= 0.3 is 0 Å². The Hall–Kier alpha value is -2.97. The standard InChI is InChI=1S/C32H45N3O5/c1-6-16-33(17-7-2)29(37)26-25-14-15-32(40-25)27(26)30(38)35(24(21-36)19-22(4)5)28(32)31(39)34(18-8-3)20-23-12-10-9-11-13-23/h6,8-13,22,24-28,36H,1,3,7,14-21H2,2,4-5H3/t24-,25+,26-,27+,28?,32?/m1/s1. The largest absolute Gasteiger partial charge is 0.394 e. The van der Waals surface area contributed by atoms with Crippen molar-refractivity contribution in [3.8, 4) is 0 Å². The van der Waals surface area contributed by atoms with Gasteiger partial charge in [-0.05, 0) is 37.2 Å². The molecule has 8 heteroatoms. The minimum atomic E-state index is -1.11. The molecule has 1 spiro atoms. The van der Waals surface area contributed by atoms with Gasteiger partial charge in [-0.15, -0.1) is 13.2 Å². The quantitative estimate of drug-likeness (QED) is 0.358. The van der Waals surface area contributed by atoms with Crippen molar-refractivity contribution in [3.63, 3.8) is 0 Å². The highest BCUT2D eigenvalue weighted by atomic mass is 16.5. The number of hydrogen-bond acceptors (Lipinski definition) is 5. The number of aliphatic hydroxyl groups excluding tert-OH is 1. The number of carbonyl (C=O) groups is 3. The van der Waals surface area contributed by atoms with E-state index in [0.717, 1.165) is 12.0 Å². The van der Waals surface area contributed by atoms with Gasteiger partial charge in [0.2, 0.25) is 17.7 Å². The number of benzene rings is 1. The molecule has 1 N–H and O–H groups in total. The molecule has 0 aliphatic carbocycles. The van der Waals surface area contributed by atoms with Crippen molar-refractivity contribution in [3.05, 3.63) is 61.2 Å². The monoisotopic (exact) mass is 551 g/mol. The van der Waals surface area contributed by atoms with E-state index in [-0.39, 0.29) is 30.2 Å². The van der Waals surface area contributed by atoms with Crippen molar-refractivity contribution in [2.75, 3.05) is 26.2 Å². The van der Waals surface area contributed by atoms with E-state index < -0.39 is 35.6 Å². The summed E-state index contributed by atoms with van der Waals surface area (Å²) in [6, 6.07) is 8.24. The molecular formula is C32H45N3O5. The summed E-state index contributed by atoms with van der Waals surface area (Å²) in [5.41, 5.74) is -0.140. The lowest BCUT2D eigenvalue weighted by atomic mass is 9.70. The molecule has 0 saturated carbocycles. The zero-order chi connectivity index (χ0) is 29.0. The first-order valence-electron chi connectivity index (χ1n) is 14.7. The Morgan fingerprint density at radius 3 is 2.42 bits per heavy atom. The van der Waals surface area contributed by atoms with Crippen LogP contribution in [0.25, 0.3) is 0 Å². The van der Waals surface area contributed by atoms with Crippen LogP contribution in [0.4, 0.5) is 0 Å². The summed E-state index contributed by atoms with van der Waals surface area (Å²) in [7, 11) is 0. The van der Waals surface area contributed by atoms with Gasteiger partial charge in [0.05, 0.1) is 30.6 Å². The average Bonchev–Trinajstić information content (AvgIpc) is 3.58. The Morgan fingerprint density at radius 2 is 1.82 bits per heavy atom. The first-order chi connectivity index (χ1) is 19.2. The van der Waals surface area contributed by atoms with Crippen LogP contribution in [0.5, 0.6) is 0 Å². The SMILES string of the molecule is C=CCN(Cc1ccccc1)C(=O)C1N([C@@H](CO)CC(C)C)C(=O)[C@@H]2[C@H](C(=O)N(CC=C)CCC)[C@@H]3CCC12O3. The first kappa shape index (κ1) is 30.0. The molecule has 2 unspecified atom stereocenters. The van der Waals surface area contributed by atoms with Crippen LogP contribution in [0.2, 0.25) is 0 Å². The van der Waals surface area contributed by atoms with Crippen LogP contribution in [-0.2, 0) is 25.7 Å². The third-order valence-corrected chi connectivity index (χ3v) is 8.64. The van der Waals surface area contributed by atoms with E-state index in [4.69, 9.17) is 4.74 Å². The number of carbonyl (C=O) groups excluding carboxylic acids is 3. The fraction of sp³-hybridized carbons (Fsp3) is 0.594. The van der Waals surface area contributed by atoms with Gasteiger partial charge in [0.15, 0.2) is 0 Å². The lowest BCUT2D eigenvalue weighted by Gasteiger charge is -2.39. The van der Waals surface area contributed by atoms with Crippen molar-refractivity contribution in [1.82, 2.24) is 14.7 Å². The molecule has 1 aromatic rings. The summed E-state index contributed by atoms with van der Waals surface area (Å²) in [5.74, 6) is -1.83. The van der Waals surface area contributed by atoms with Crippen molar-refractivity contribution < 1.29 is 24.2 Å². The lowest BCUT2D eigenvalue weighted by Crippen LogP contribution is -2.58. The van der Waals surface area contributed by atoms with E-state index in [1.807, 2.05) is 51.1 Å². The van der Waals surface area contributed by atoms with Crippen LogP contribution in [0.15, 0.2) is 55.6 Å². The Morgan fingerprint density at radius 1 is 1.15 bits per heavy atom. The molecule has 3 aliphatic rings. The van der Waals surface area contributed by atoms with E-state index in [2.05, 4.69) is 13.2 Å². The van der Waals surface area contributed by atoms with Crippen LogP contribution >= 0.6 is 0 Å². The molecule has 3 amide bonds. The second-order valence-corrected chi connectivity index (χ2v) is 11.8. The van der Waals surface area contributed by atoms with E-state index in [1.165, 1.54) is 0 Å². The zero-order valence-corrected chi connectivity index (χ0v) is 24.2. The number of nitrogens with zero attached hydrogens (tertiary/aromatic N) is 3. The predicted molar refractivity (Wildman–Crippen MR) is 154 cm³/mol. The number of hydrogen-bond donors (Lipinski definition) is 1. The summed E-state index contributed by atoms with van der Waals surface area (Å²) in [6.45, 7) is 15.1. The summed E-state index contributed by atoms with van der Waals surface area (Å²) >= 11 is 0. The average molecular weight is 552 g/mol. The number of ether oxygens (including phenoxy) is 1. The van der Waals surface area contributed by atoms with Crippen LogP contribution in [0.3, 0.4) is 0 Å². The smallest absolute Gasteiger partial charge is 0.249 e. The number of rotatable bonds is 14. The van der Waals surface area contributed by atoms with Crippen molar-refractivity contribution in [1.29, 1.82) is 0 Å². The molecule has 6 atom stereocenters. The number of amides is 3. The third kappa shape index (κ3) is 5.36.